The molecule has 0 unspecified atom stereocenters. The van der Waals surface area contributed by atoms with Crippen molar-refractivity contribution in [2.75, 3.05) is 0 Å². The molecule has 0 aliphatic rings. The molecule has 1 rings (SSSR count). The van der Waals surface area contributed by atoms with Crippen LogP contribution in [0.2, 0.25) is 0 Å². The molecule has 4 nitrogen and oxygen atoms in total. The van der Waals surface area contributed by atoms with Gasteiger partial charge in [-0.1, -0.05) is 0 Å². The first-order chi connectivity index (χ1) is 4.30. The molecule has 0 aromatic carbocycles. The van der Waals surface area contributed by atoms with Gasteiger partial charge in [0.1, 0.15) is 6.33 Å². The van der Waals surface area contributed by atoms with Gasteiger partial charge in [-0.25, -0.2) is 14.8 Å². The molecule has 0 atom stereocenters. The number of rotatable bonds is 1. The van der Waals surface area contributed by atoms with Crippen LogP contribution in [0.4, 0.5) is 0 Å². The van der Waals surface area contributed by atoms with Crippen LogP contribution in [0, 0.1) is 0 Å². The van der Waals surface area contributed by atoms with Crippen LogP contribution in [0.1, 0.15) is 10.4 Å². The van der Waals surface area contributed by atoms with E-state index >= 15 is 0 Å². The number of carboxylic acids is 1. The molecular weight excluding hydrogens is 143 g/mol. The molecule has 47 valence electrons. The minimum Gasteiger partial charge on any atom is -0.478 e. The Labute approximate surface area is 79.6 Å². The van der Waals surface area contributed by atoms with Gasteiger partial charge >= 0.3 is 5.97 Å². The molecule has 10 heavy (non-hydrogen) atoms. The summed E-state index contributed by atoms with van der Waals surface area (Å²) in [5.41, 5.74) is 0.109. The maximum atomic E-state index is 10.1. The third-order valence-electron chi connectivity index (χ3n) is 0.808. The molecule has 0 fully saturated rings. The molecule has 0 amide bonds. The third-order valence-corrected chi connectivity index (χ3v) is 0.808. The first-order valence-electron chi connectivity index (χ1n) is 2.29. The Morgan fingerprint density at radius 2 is 1.90 bits per heavy atom. The zero-order valence-electron chi connectivity index (χ0n) is 5.48. The fraction of sp³-hybridized carbons (Fsp3) is 0. The molecule has 0 aliphatic carbocycles. The Morgan fingerprint density at radius 3 is 2.20 bits per heavy atom. The van der Waals surface area contributed by atoms with Gasteiger partial charge in [-0.2, -0.15) is 0 Å². The summed E-state index contributed by atoms with van der Waals surface area (Å²) in [5, 5.41) is 8.30. The second kappa shape index (κ2) is 4.38. The Balaban J connectivity index is 0.000000810. The summed E-state index contributed by atoms with van der Waals surface area (Å²) >= 11 is 0. The molecular formula is C5H4N2NaO2. The monoisotopic (exact) mass is 147 g/mol. The minimum absolute atomic E-state index is 0. The first kappa shape index (κ1) is 9.55. The standard InChI is InChI=1S/C5H4N2O2.Na/c8-5(9)4-1-6-3-7-2-4;/h1-3H,(H,8,9);. The summed E-state index contributed by atoms with van der Waals surface area (Å²) in [6, 6.07) is 0. The van der Waals surface area contributed by atoms with E-state index in [1.54, 1.807) is 0 Å². The zero-order valence-corrected chi connectivity index (χ0v) is 7.48. The SMILES string of the molecule is O=C(O)c1cncnc1.[Na]. The van der Waals surface area contributed by atoms with E-state index in [1.807, 2.05) is 0 Å². The summed E-state index contributed by atoms with van der Waals surface area (Å²) in [6.07, 6.45) is 3.77. The first-order valence-corrected chi connectivity index (χ1v) is 2.29. The van der Waals surface area contributed by atoms with Gasteiger partial charge in [-0.15, -0.1) is 0 Å². The minimum atomic E-state index is -1.00. The number of carboxylic acid groups (broad SMARTS) is 1. The molecule has 1 radical (unpaired) electrons. The van der Waals surface area contributed by atoms with Crippen LogP contribution in [0.5, 0.6) is 0 Å². The van der Waals surface area contributed by atoms with Crippen molar-refractivity contribution in [1.29, 1.82) is 0 Å². The summed E-state index contributed by atoms with van der Waals surface area (Å²) in [7, 11) is 0. The molecule has 5 heteroatoms. The quantitative estimate of drug-likeness (QED) is 0.558. The van der Waals surface area contributed by atoms with Crippen LogP contribution in [0.15, 0.2) is 18.7 Å². The number of aromatic carboxylic acids is 1. The predicted octanol–water partition coefficient (Wildman–Crippen LogP) is -0.206. The summed E-state index contributed by atoms with van der Waals surface area (Å²) in [5.74, 6) is -1.00. The molecule has 0 bridgehead atoms. The Hall–Kier alpha value is -0.450. The van der Waals surface area contributed by atoms with E-state index in [0.717, 1.165) is 0 Å². The maximum absolute atomic E-state index is 10.1. The van der Waals surface area contributed by atoms with Crippen LogP contribution in [0.25, 0.3) is 0 Å². The molecule has 0 spiro atoms. The van der Waals surface area contributed by atoms with Crippen LogP contribution in [-0.2, 0) is 0 Å². The van der Waals surface area contributed by atoms with Crippen molar-refractivity contribution in [2.45, 2.75) is 0 Å². The van der Waals surface area contributed by atoms with E-state index < -0.39 is 5.97 Å². The van der Waals surface area contributed by atoms with E-state index in [-0.39, 0.29) is 35.1 Å². The van der Waals surface area contributed by atoms with Crippen molar-refractivity contribution < 1.29 is 9.90 Å². The number of hydrogen-bond donors (Lipinski definition) is 1. The van der Waals surface area contributed by atoms with Crippen LogP contribution in [-0.4, -0.2) is 50.6 Å². The van der Waals surface area contributed by atoms with Gasteiger partial charge in [0, 0.05) is 42.0 Å². The number of aromatic nitrogens is 2. The van der Waals surface area contributed by atoms with E-state index in [9.17, 15) is 4.79 Å². The third kappa shape index (κ3) is 2.43. The van der Waals surface area contributed by atoms with Crippen LogP contribution >= 0.6 is 0 Å². The van der Waals surface area contributed by atoms with E-state index in [0.29, 0.717) is 0 Å². The van der Waals surface area contributed by atoms with Gasteiger partial charge < -0.3 is 5.11 Å². The smallest absolute Gasteiger partial charge is 0.338 e. The molecule has 1 N–H and O–H groups in total. The summed E-state index contributed by atoms with van der Waals surface area (Å²) < 4.78 is 0. The van der Waals surface area contributed by atoms with Crippen molar-refractivity contribution in [3.63, 3.8) is 0 Å². The van der Waals surface area contributed by atoms with Crippen LogP contribution in [0.3, 0.4) is 0 Å². The average Bonchev–Trinajstić information content (AvgIpc) is 1.90. The van der Waals surface area contributed by atoms with Crippen LogP contribution < -0.4 is 0 Å². The second-order valence-electron chi connectivity index (χ2n) is 1.43. The van der Waals surface area contributed by atoms with Crippen molar-refractivity contribution in [2.24, 2.45) is 0 Å². The molecule has 1 heterocycles. The molecule has 0 aliphatic heterocycles. The topological polar surface area (TPSA) is 63.1 Å². The fourth-order valence-corrected chi connectivity index (χ4v) is 0.410. The van der Waals surface area contributed by atoms with Gasteiger partial charge in [-0.3, -0.25) is 0 Å². The normalized spacial score (nSPS) is 8.00. The largest absolute Gasteiger partial charge is 0.478 e. The molecule has 1 aromatic rings. The second-order valence-corrected chi connectivity index (χ2v) is 1.43. The van der Waals surface area contributed by atoms with Crippen molar-refractivity contribution in [3.8, 4) is 0 Å². The number of carbonyl (C=O) groups is 1. The number of hydrogen-bond acceptors (Lipinski definition) is 3. The Morgan fingerprint density at radius 1 is 1.40 bits per heavy atom. The predicted molar refractivity (Wildman–Crippen MR) is 34.7 cm³/mol. The van der Waals surface area contributed by atoms with E-state index in [1.165, 1.54) is 18.7 Å². The van der Waals surface area contributed by atoms with Gasteiger partial charge in [0.05, 0.1) is 5.56 Å². The summed E-state index contributed by atoms with van der Waals surface area (Å²) in [4.78, 5) is 17.1. The van der Waals surface area contributed by atoms with Gasteiger partial charge in [-0.05, 0) is 0 Å². The van der Waals surface area contributed by atoms with Crippen molar-refractivity contribution in [3.05, 3.63) is 24.3 Å². The zero-order chi connectivity index (χ0) is 6.69. The van der Waals surface area contributed by atoms with E-state index in [2.05, 4.69) is 9.97 Å². The average molecular weight is 147 g/mol. The van der Waals surface area contributed by atoms with Crippen molar-refractivity contribution in [1.82, 2.24) is 9.97 Å². The van der Waals surface area contributed by atoms with E-state index in [4.69, 9.17) is 5.11 Å². The molecule has 0 saturated heterocycles. The molecule has 1 aromatic heterocycles. The molecule has 0 saturated carbocycles. The number of nitrogens with zero attached hydrogens (tertiary/aromatic N) is 2. The van der Waals surface area contributed by atoms with Gasteiger partial charge in [0.2, 0.25) is 0 Å². The maximum Gasteiger partial charge on any atom is 0.338 e. The van der Waals surface area contributed by atoms with Crippen molar-refractivity contribution >= 4 is 35.5 Å². The Bertz CT molecular complexity index is 214. The Kier molecular flexibility index (Phi) is 4.18. The van der Waals surface area contributed by atoms with Gasteiger partial charge in [0.25, 0.3) is 0 Å². The summed E-state index contributed by atoms with van der Waals surface area (Å²) in [6.45, 7) is 0. The van der Waals surface area contributed by atoms with Gasteiger partial charge in [0.15, 0.2) is 0 Å². The fourth-order valence-electron chi connectivity index (χ4n) is 0.410.